The van der Waals surface area contributed by atoms with Gasteiger partial charge in [0.1, 0.15) is 0 Å². The summed E-state index contributed by atoms with van der Waals surface area (Å²) in [6, 6.07) is 16.7. The van der Waals surface area contributed by atoms with Crippen molar-refractivity contribution in [2.24, 2.45) is 0 Å². The summed E-state index contributed by atoms with van der Waals surface area (Å²) in [6.07, 6.45) is 1.91. The highest BCUT2D eigenvalue weighted by Crippen LogP contribution is 2.16. The lowest BCUT2D eigenvalue weighted by Gasteiger charge is -2.15. The minimum atomic E-state index is -0.727. The Kier molecular flexibility index (Phi) is 6.41. The fourth-order valence-electron chi connectivity index (χ4n) is 2.22. The summed E-state index contributed by atoms with van der Waals surface area (Å²) in [5.74, 6) is -0.530. The van der Waals surface area contributed by atoms with Crippen LogP contribution in [0.4, 0.5) is 0 Å². The van der Waals surface area contributed by atoms with Gasteiger partial charge in [0.25, 0.3) is 0 Å². The fourth-order valence-corrected chi connectivity index (χ4v) is 2.63. The predicted molar refractivity (Wildman–Crippen MR) is 92.9 cm³/mol. The molecule has 0 aliphatic rings. The highest BCUT2D eigenvalue weighted by molar-refractivity contribution is 7.98. The van der Waals surface area contributed by atoms with Crippen molar-refractivity contribution in [2.75, 3.05) is 6.26 Å². The maximum atomic E-state index is 12.4. The van der Waals surface area contributed by atoms with Gasteiger partial charge in [0.15, 0.2) is 6.10 Å². The van der Waals surface area contributed by atoms with E-state index in [1.807, 2.05) is 43.5 Å². The zero-order valence-corrected chi connectivity index (χ0v) is 14.1. The SMILES string of the molecule is CCC(OC(=O)Cc1ccc(SC)cc1)C(=O)c1ccccc1. The molecule has 0 fully saturated rings. The number of hydrogen-bond donors (Lipinski definition) is 0. The fraction of sp³-hybridized carbons (Fsp3) is 0.263. The van der Waals surface area contributed by atoms with E-state index in [-0.39, 0.29) is 18.2 Å². The van der Waals surface area contributed by atoms with Crippen LogP contribution >= 0.6 is 11.8 Å². The van der Waals surface area contributed by atoms with Crippen molar-refractivity contribution in [2.45, 2.75) is 30.8 Å². The number of thioether (sulfide) groups is 1. The van der Waals surface area contributed by atoms with Crippen molar-refractivity contribution in [1.29, 1.82) is 0 Å². The smallest absolute Gasteiger partial charge is 0.310 e. The van der Waals surface area contributed by atoms with Crippen molar-refractivity contribution in [1.82, 2.24) is 0 Å². The summed E-state index contributed by atoms with van der Waals surface area (Å²) in [5, 5.41) is 0. The molecule has 0 aromatic heterocycles. The summed E-state index contributed by atoms with van der Waals surface area (Å²) in [6.45, 7) is 1.84. The van der Waals surface area contributed by atoms with Crippen LogP contribution in [0.3, 0.4) is 0 Å². The lowest BCUT2D eigenvalue weighted by atomic mass is 10.0. The summed E-state index contributed by atoms with van der Waals surface area (Å²) in [5.41, 5.74) is 1.45. The summed E-state index contributed by atoms with van der Waals surface area (Å²) >= 11 is 1.65. The van der Waals surface area contributed by atoms with Crippen molar-refractivity contribution >= 4 is 23.5 Å². The van der Waals surface area contributed by atoms with E-state index < -0.39 is 6.10 Å². The Morgan fingerprint density at radius 1 is 1.04 bits per heavy atom. The van der Waals surface area contributed by atoms with Crippen molar-refractivity contribution in [3.8, 4) is 0 Å². The molecule has 0 aliphatic carbocycles. The van der Waals surface area contributed by atoms with Gasteiger partial charge in [-0.25, -0.2) is 0 Å². The summed E-state index contributed by atoms with van der Waals surface area (Å²) < 4.78 is 5.38. The third-order valence-electron chi connectivity index (χ3n) is 3.50. The Hall–Kier alpha value is -2.07. The Labute approximate surface area is 141 Å². The number of ether oxygens (including phenoxy) is 1. The zero-order valence-electron chi connectivity index (χ0n) is 13.3. The van der Waals surface area contributed by atoms with Gasteiger partial charge in [0.05, 0.1) is 6.42 Å². The average molecular weight is 328 g/mol. The molecular weight excluding hydrogens is 308 g/mol. The monoisotopic (exact) mass is 328 g/mol. The zero-order chi connectivity index (χ0) is 16.7. The first-order valence-corrected chi connectivity index (χ1v) is 8.78. The van der Waals surface area contributed by atoms with Gasteiger partial charge in [0.2, 0.25) is 5.78 Å². The average Bonchev–Trinajstić information content (AvgIpc) is 2.60. The van der Waals surface area contributed by atoms with Gasteiger partial charge >= 0.3 is 5.97 Å². The lowest BCUT2D eigenvalue weighted by molar-refractivity contribution is -0.146. The normalized spacial score (nSPS) is 11.7. The molecule has 1 atom stereocenters. The molecule has 2 aromatic carbocycles. The molecule has 3 nitrogen and oxygen atoms in total. The number of ketones is 1. The topological polar surface area (TPSA) is 43.4 Å². The van der Waals surface area contributed by atoms with Crippen LogP contribution in [0.5, 0.6) is 0 Å². The third kappa shape index (κ3) is 4.96. The number of hydrogen-bond acceptors (Lipinski definition) is 4. The molecule has 0 saturated heterocycles. The van der Waals surface area contributed by atoms with Gasteiger partial charge in [-0.15, -0.1) is 11.8 Å². The Bertz CT molecular complexity index is 650. The van der Waals surface area contributed by atoms with E-state index in [1.165, 1.54) is 0 Å². The van der Waals surface area contributed by atoms with Crippen LogP contribution in [-0.4, -0.2) is 24.1 Å². The Morgan fingerprint density at radius 2 is 1.70 bits per heavy atom. The second-order valence-corrected chi connectivity index (χ2v) is 6.02. The van der Waals surface area contributed by atoms with Crippen LogP contribution in [0.15, 0.2) is 59.5 Å². The molecule has 0 heterocycles. The van der Waals surface area contributed by atoms with E-state index in [4.69, 9.17) is 4.74 Å². The quantitative estimate of drug-likeness (QED) is 0.435. The van der Waals surface area contributed by atoms with Gasteiger partial charge in [-0.3, -0.25) is 9.59 Å². The maximum Gasteiger partial charge on any atom is 0.310 e. The van der Waals surface area contributed by atoms with Gasteiger partial charge in [-0.05, 0) is 30.4 Å². The van der Waals surface area contributed by atoms with E-state index >= 15 is 0 Å². The molecule has 2 rings (SSSR count). The number of rotatable bonds is 7. The van der Waals surface area contributed by atoms with E-state index in [0.717, 1.165) is 10.5 Å². The number of benzene rings is 2. The molecule has 23 heavy (non-hydrogen) atoms. The van der Waals surface area contributed by atoms with Gasteiger partial charge < -0.3 is 4.74 Å². The Morgan fingerprint density at radius 3 is 2.26 bits per heavy atom. The molecular formula is C19H20O3S. The van der Waals surface area contributed by atoms with Crippen LogP contribution in [-0.2, 0) is 16.0 Å². The molecule has 2 aromatic rings. The lowest BCUT2D eigenvalue weighted by Crippen LogP contribution is -2.27. The number of carbonyl (C=O) groups excluding carboxylic acids is 2. The van der Waals surface area contributed by atoms with E-state index in [9.17, 15) is 9.59 Å². The highest BCUT2D eigenvalue weighted by Gasteiger charge is 2.22. The van der Waals surface area contributed by atoms with Crippen molar-refractivity contribution < 1.29 is 14.3 Å². The summed E-state index contributed by atoms with van der Waals surface area (Å²) in [4.78, 5) is 25.6. The maximum absolute atomic E-state index is 12.4. The molecule has 4 heteroatoms. The number of Topliss-reactive ketones (excluding diaryl/α,β-unsaturated/α-hetero) is 1. The third-order valence-corrected chi connectivity index (χ3v) is 4.25. The second kappa shape index (κ2) is 8.53. The van der Waals surface area contributed by atoms with Crippen LogP contribution in [0.1, 0.15) is 29.3 Å². The number of carbonyl (C=O) groups is 2. The highest BCUT2D eigenvalue weighted by atomic mass is 32.2. The second-order valence-electron chi connectivity index (χ2n) is 5.14. The van der Waals surface area contributed by atoms with E-state index in [2.05, 4.69) is 0 Å². The van der Waals surface area contributed by atoms with E-state index in [1.54, 1.807) is 36.0 Å². The first-order chi connectivity index (χ1) is 11.1. The van der Waals surface area contributed by atoms with Gasteiger partial charge in [-0.1, -0.05) is 49.4 Å². The predicted octanol–water partition coefficient (Wildman–Crippen LogP) is 4.16. The minimum absolute atomic E-state index is 0.154. The van der Waals surface area contributed by atoms with Gasteiger partial charge in [-0.2, -0.15) is 0 Å². The molecule has 0 aliphatic heterocycles. The molecule has 0 spiro atoms. The molecule has 0 saturated carbocycles. The molecule has 1 unspecified atom stereocenters. The first-order valence-electron chi connectivity index (χ1n) is 7.55. The van der Waals surface area contributed by atoms with Crippen molar-refractivity contribution in [3.05, 3.63) is 65.7 Å². The largest absolute Gasteiger partial charge is 0.454 e. The van der Waals surface area contributed by atoms with Crippen molar-refractivity contribution in [3.63, 3.8) is 0 Å². The van der Waals surface area contributed by atoms with Crippen LogP contribution in [0.2, 0.25) is 0 Å². The Balaban J connectivity index is 1.97. The van der Waals surface area contributed by atoms with Crippen LogP contribution < -0.4 is 0 Å². The molecule has 0 radical (unpaired) electrons. The van der Waals surface area contributed by atoms with Crippen LogP contribution in [0.25, 0.3) is 0 Å². The molecule has 0 N–H and O–H groups in total. The van der Waals surface area contributed by atoms with E-state index in [0.29, 0.717) is 12.0 Å². The van der Waals surface area contributed by atoms with Gasteiger partial charge in [0, 0.05) is 10.5 Å². The standard InChI is InChI=1S/C19H20O3S/c1-3-17(19(21)15-7-5-4-6-8-15)22-18(20)13-14-9-11-16(23-2)12-10-14/h4-12,17H,3,13H2,1-2H3. The molecule has 120 valence electrons. The summed E-state index contributed by atoms with van der Waals surface area (Å²) in [7, 11) is 0. The first kappa shape index (κ1) is 17.3. The van der Waals surface area contributed by atoms with Crippen LogP contribution in [0, 0.1) is 0 Å². The molecule has 0 amide bonds. The number of esters is 1. The minimum Gasteiger partial charge on any atom is -0.454 e. The molecule has 0 bridgehead atoms.